The van der Waals surface area contributed by atoms with Gasteiger partial charge < -0.3 is 9.80 Å². The Morgan fingerprint density at radius 3 is 2.35 bits per heavy atom. The van der Waals surface area contributed by atoms with Crippen LogP contribution in [-0.4, -0.2) is 41.2 Å². The summed E-state index contributed by atoms with van der Waals surface area (Å²) in [7, 11) is 0. The standard InChI is InChI=1S/C29H32N2O2S/c1-20(2)18-30(29(33)25-17-24(25)21-9-5-3-6-10-21)19-27(32)31-15-13-26-23(14-16-34-26)28(31)22-11-7-4-8-12-22/h3-12,14,16,20,24-25,28H,13,15,17-19H2,1-2H3/t24-,25-,28-/m0/s1. The molecule has 4 nitrogen and oxygen atoms in total. The average molecular weight is 473 g/mol. The molecule has 0 bridgehead atoms. The quantitative estimate of drug-likeness (QED) is 0.455. The van der Waals surface area contributed by atoms with Crippen LogP contribution in [0.15, 0.2) is 72.1 Å². The third kappa shape index (κ3) is 4.67. The van der Waals surface area contributed by atoms with Crippen molar-refractivity contribution in [2.45, 2.75) is 38.6 Å². The van der Waals surface area contributed by atoms with Crippen LogP contribution in [-0.2, 0) is 16.0 Å². The number of carbonyl (C=O) groups is 2. The van der Waals surface area contributed by atoms with Gasteiger partial charge in [0.15, 0.2) is 0 Å². The third-order valence-corrected chi connectivity index (χ3v) is 7.96. The monoisotopic (exact) mass is 472 g/mol. The molecule has 34 heavy (non-hydrogen) atoms. The lowest BCUT2D eigenvalue weighted by Crippen LogP contribution is -2.48. The first-order valence-corrected chi connectivity index (χ1v) is 13.1. The van der Waals surface area contributed by atoms with Crippen molar-refractivity contribution in [1.29, 1.82) is 0 Å². The normalized spacial score (nSPS) is 21.3. The minimum atomic E-state index is -0.0855. The van der Waals surface area contributed by atoms with E-state index in [1.54, 1.807) is 11.3 Å². The number of rotatable bonds is 7. The van der Waals surface area contributed by atoms with Crippen molar-refractivity contribution in [2.75, 3.05) is 19.6 Å². The van der Waals surface area contributed by atoms with Gasteiger partial charge in [0.1, 0.15) is 0 Å². The fourth-order valence-electron chi connectivity index (χ4n) is 5.28. The van der Waals surface area contributed by atoms with Crippen LogP contribution in [0.4, 0.5) is 0 Å². The van der Waals surface area contributed by atoms with Crippen LogP contribution >= 0.6 is 11.3 Å². The summed E-state index contributed by atoms with van der Waals surface area (Å²) in [4.78, 5) is 32.4. The van der Waals surface area contributed by atoms with E-state index in [1.807, 2.05) is 46.2 Å². The van der Waals surface area contributed by atoms with Gasteiger partial charge in [-0.3, -0.25) is 9.59 Å². The number of hydrogen-bond acceptors (Lipinski definition) is 3. The fourth-order valence-corrected chi connectivity index (χ4v) is 6.18. The number of carbonyl (C=O) groups excluding carboxylic acids is 2. The van der Waals surface area contributed by atoms with Gasteiger partial charge in [0, 0.05) is 23.9 Å². The molecule has 1 aliphatic carbocycles. The van der Waals surface area contributed by atoms with Gasteiger partial charge in [-0.05, 0) is 52.8 Å². The summed E-state index contributed by atoms with van der Waals surface area (Å²) < 4.78 is 0. The Balaban J connectivity index is 1.35. The molecule has 0 saturated heterocycles. The molecule has 2 aliphatic rings. The van der Waals surface area contributed by atoms with Crippen molar-refractivity contribution in [1.82, 2.24) is 9.80 Å². The van der Waals surface area contributed by atoms with Gasteiger partial charge in [0.2, 0.25) is 11.8 Å². The zero-order valence-electron chi connectivity index (χ0n) is 19.9. The van der Waals surface area contributed by atoms with E-state index in [0.717, 1.165) is 18.4 Å². The van der Waals surface area contributed by atoms with Gasteiger partial charge in [-0.2, -0.15) is 0 Å². The predicted molar refractivity (Wildman–Crippen MR) is 137 cm³/mol. The molecule has 0 radical (unpaired) electrons. The Kier molecular flexibility index (Phi) is 6.55. The summed E-state index contributed by atoms with van der Waals surface area (Å²) in [6.07, 6.45) is 1.75. The molecule has 176 valence electrons. The molecule has 0 N–H and O–H groups in total. The fraction of sp³-hybridized carbons (Fsp3) is 0.379. The molecule has 2 aromatic carbocycles. The van der Waals surface area contributed by atoms with E-state index < -0.39 is 0 Å². The highest BCUT2D eigenvalue weighted by atomic mass is 32.1. The lowest BCUT2D eigenvalue weighted by atomic mass is 9.93. The lowest BCUT2D eigenvalue weighted by molar-refractivity contribution is -0.142. The van der Waals surface area contributed by atoms with Crippen molar-refractivity contribution in [3.63, 3.8) is 0 Å². The van der Waals surface area contributed by atoms with Crippen LogP contribution < -0.4 is 0 Å². The summed E-state index contributed by atoms with van der Waals surface area (Å²) in [6.45, 7) is 5.66. The van der Waals surface area contributed by atoms with Crippen LogP contribution in [0.2, 0.25) is 0 Å². The van der Waals surface area contributed by atoms with E-state index in [9.17, 15) is 9.59 Å². The number of hydrogen-bond donors (Lipinski definition) is 0. The second kappa shape index (κ2) is 9.75. The average Bonchev–Trinajstić information content (AvgIpc) is 3.51. The number of thiophene rings is 1. The number of benzene rings is 2. The molecule has 2 heterocycles. The first-order valence-electron chi connectivity index (χ1n) is 12.3. The van der Waals surface area contributed by atoms with E-state index in [4.69, 9.17) is 0 Å². The Labute approximate surface area is 206 Å². The minimum absolute atomic E-state index is 0.0105. The molecule has 2 amide bonds. The lowest BCUT2D eigenvalue weighted by Gasteiger charge is -2.38. The number of amides is 2. The molecule has 1 aromatic heterocycles. The molecule has 5 rings (SSSR count). The van der Waals surface area contributed by atoms with Crippen molar-refractivity contribution in [3.05, 3.63) is 93.7 Å². The van der Waals surface area contributed by atoms with E-state index in [-0.39, 0.29) is 36.2 Å². The Morgan fingerprint density at radius 1 is 1.00 bits per heavy atom. The highest BCUT2D eigenvalue weighted by Gasteiger charge is 2.46. The molecule has 0 unspecified atom stereocenters. The summed E-state index contributed by atoms with van der Waals surface area (Å²) in [5, 5.41) is 2.12. The maximum Gasteiger partial charge on any atom is 0.242 e. The minimum Gasteiger partial charge on any atom is -0.333 e. The Morgan fingerprint density at radius 2 is 1.68 bits per heavy atom. The Hall–Kier alpha value is -2.92. The van der Waals surface area contributed by atoms with Crippen molar-refractivity contribution >= 4 is 23.2 Å². The van der Waals surface area contributed by atoms with Gasteiger partial charge in [0.05, 0.1) is 12.6 Å². The summed E-state index contributed by atoms with van der Waals surface area (Å²) in [5.41, 5.74) is 3.58. The summed E-state index contributed by atoms with van der Waals surface area (Å²) in [6, 6.07) is 22.6. The smallest absolute Gasteiger partial charge is 0.242 e. The van der Waals surface area contributed by atoms with E-state index in [0.29, 0.717) is 19.0 Å². The van der Waals surface area contributed by atoms with Crippen LogP contribution in [0.25, 0.3) is 0 Å². The molecule has 0 spiro atoms. The largest absolute Gasteiger partial charge is 0.333 e. The highest BCUT2D eigenvalue weighted by molar-refractivity contribution is 7.10. The Bertz CT molecular complexity index is 1140. The second-order valence-corrected chi connectivity index (χ2v) is 10.9. The van der Waals surface area contributed by atoms with Crippen LogP contribution in [0.1, 0.15) is 53.8 Å². The van der Waals surface area contributed by atoms with Crippen LogP contribution in [0.5, 0.6) is 0 Å². The SMILES string of the molecule is CC(C)CN(CC(=O)N1CCc2sccc2[C@@H]1c1ccccc1)C(=O)[C@H]1C[C@H]1c1ccccc1. The summed E-state index contributed by atoms with van der Waals surface area (Å²) in [5.74, 6) is 0.736. The second-order valence-electron chi connectivity index (χ2n) is 9.92. The molecule has 1 saturated carbocycles. The molecule has 3 aromatic rings. The van der Waals surface area contributed by atoms with Gasteiger partial charge in [-0.1, -0.05) is 74.5 Å². The van der Waals surface area contributed by atoms with Crippen molar-refractivity contribution < 1.29 is 9.59 Å². The molecular weight excluding hydrogens is 440 g/mol. The van der Waals surface area contributed by atoms with Gasteiger partial charge >= 0.3 is 0 Å². The van der Waals surface area contributed by atoms with Gasteiger partial charge in [0.25, 0.3) is 0 Å². The number of fused-ring (bicyclic) bond motifs is 1. The third-order valence-electron chi connectivity index (χ3n) is 6.96. The molecule has 5 heteroatoms. The summed E-state index contributed by atoms with van der Waals surface area (Å²) >= 11 is 1.77. The predicted octanol–water partition coefficient (Wildman–Crippen LogP) is 5.51. The topological polar surface area (TPSA) is 40.6 Å². The van der Waals surface area contributed by atoms with Crippen LogP contribution in [0, 0.1) is 11.8 Å². The van der Waals surface area contributed by atoms with Gasteiger partial charge in [-0.15, -0.1) is 11.3 Å². The maximum absolute atomic E-state index is 13.7. The van der Waals surface area contributed by atoms with Crippen molar-refractivity contribution in [2.24, 2.45) is 11.8 Å². The maximum atomic E-state index is 13.7. The van der Waals surface area contributed by atoms with E-state index in [1.165, 1.54) is 16.0 Å². The molecular formula is C29H32N2O2S. The zero-order valence-corrected chi connectivity index (χ0v) is 20.7. The molecule has 1 fully saturated rings. The van der Waals surface area contributed by atoms with E-state index in [2.05, 4.69) is 49.6 Å². The molecule has 3 atom stereocenters. The zero-order chi connectivity index (χ0) is 23.7. The van der Waals surface area contributed by atoms with Crippen molar-refractivity contribution in [3.8, 4) is 0 Å². The van der Waals surface area contributed by atoms with E-state index >= 15 is 0 Å². The first kappa shape index (κ1) is 22.9. The van der Waals surface area contributed by atoms with Gasteiger partial charge in [-0.25, -0.2) is 0 Å². The molecule has 1 aliphatic heterocycles. The highest BCUT2D eigenvalue weighted by Crippen LogP contribution is 2.48. The number of nitrogens with zero attached hydrogens (tertiary/aromatic N) is 2. The van der Waals surface area contributed by atoms with Crippen LogP contribution in [0.3, 0.4) is 0 Å². The first-order chi connectivity index (χ1) is 16.5.